The first-order valence-corrected chi connectivity index (χ1v) is 3.65. The van der Waals surface area contributed by atoms with Gasteiger partial charge in [0.1, 0.15) is 0 Å². The standard InChI is InChI=1S/C8H16O3/c1-5(9)6(7(10)11)8(2,3)4/h5-6,9H,1-4H3,(H,10,11)/p-1. The van der Waals surface area contributed by atoms with Crippen LogP contribution in [0.15, 0.2) is 0 Å². The zero-order valence-corrected chi connectivity index (χ0v) is 7.42. The minimum Gasteiger partial charge on any atom is -0.550 e. The summed E-state index contributed by atoms with van der Waals surface area (Å²) < 4.78 is 0. The van der Waals surface area contributed by atoms with Gasteiger partial charge in [0.25, 0.3) is 0 Å². The predicted octanol–water partition coefficient (Wildman–Crippen LogP) is -0.221. The van der Waals surface area contributed by atoms with E-state index in [1.54, 1.807) is 20.8 Å². The number of aliphatic carboxylic acids is 1. The molecule has 1 N–H and O–H groups in total. The lowest BCUT2D eigenvalue weighted by atomic mass is 9.78. The SMILES string of the molecule is CC(O)C(C(=O)[O-])C(C)(C)C. The lowest BCUT2D eigenvalue weighted by Gasteiger charge is -2.33. The summed E-state index contributed by atoms with van der Waals surface area (Å²) in [5.41, 5.74) is -0.451. The Morgan fingerprint density at radius 1 is 1.45 bits per heavy atom. The maximum atomic E-state index is 10.5. The summed E-state index contributed by atoms with van der Waals surface area (Å²) in [7, 11) is 0. The lowest BCUT2D eigenvalue weighted by Crippen LogP contribution is -2.44. The van der Waals surface area contributed by atoms with Crippen LogP contribution in [-0.2, 0) is 4.79 Å². The van der Waals surface area contributed by atoms with Gasteiger partial charge in [-0.3, -0.25) is 0 Å². The molecule has 2 atom stereocenters. The summed E-state index contributed by atoms with van der Waals surface area (Å²) in [6.07, 6.45) is -0.861. The molecule has 0 radical (unpaired) electrons. The molecule has 66 valence electrons. The fourth-order valence-corrected chi connectivity index (χ4v) is 1.27. The number of carbonyl (C=O) groups is 1. The van der Waals surface area contributed by atoms with Crippen LogP contribution in [0.3, 0.4) is 0 Å². The van der Waals surface area contributed by atoms with Crippen LogP contribution in [0.2, 0.25) is 0 Å². The van der Waals surface area contributed by atoms with E-state index in [4.69, 9.17) is 5.11 Å². The zero-order valence-electron chi connectivity index (χ0n) is 7.42. The molecule has 0 heterocycles. The van der Waals surface area contributed by atoms with Gasteiger partial charge in [0.15, 0.2) is 0 Å². The Morgan fingerprint density at radius 3 is 1.82 bits per heavy atom. The zero-order chi connectivity index (χ0) is 9.23. The molecule has 0 aromatic carbocycles. The molecule has 0 amide bonds. The molecule has 0 bridgehead atoms. The van der Waals surface area contributed by atoms with Gasteiger partial charge in [-0.2, -0.15) is 0 Å². The summed E-state index contributed by atoms with van der Waals surface area (Å²) in [6.45, 7) is 6.76. The molecule has 0 aromatic rings. The highest BCUT2D eigenvalue weighted by Gasteiger charge is 2.29. The van der Waals surface area contributed by atoms with Gasteiger partial charge in [-0.05, 0) is 12.3 Å². The van der Waals surface area contributed by atoms with Crippen molar-refractivity contribution in [3.8, 4) is 0 Å². The van der Waals surface area contributed by atoms with Crippen molar-refractivity contribution < 1.29 is 15.0 Å². The van der Waals surface area contributed by atoms with Crippen LogP contribution in [0.4, 0.5) is 0 Å². The molecular formula is C8H15O3-. The van der Waals surface area contributed by atoms with Crippen molar-refractivity contribution >= 4 is 5.97 Å². The Balaban J connectivity index is 4.49. The first-order valence-electron chi connectivity index (χ1n) is 3.65. The van der Waals surface area contributed by atoms with Crippen molar-refractivity contribution in [1.82, 2.24) is 0 Å². The minimum absolute atomic E-state index is 0.451. The summed E-state index contributed by atoms with van der Waals surface area (Å²) in [6, 6.07) is 0. The summed E-state index contributed by atoms with van der Waals surface area (Å²) in [4.78, 5) is 10.5. The summed E-state index contributed by atoms with van der Waals surface area (Å²) >= 11 is 0. The van der Waals surface area contributed by atoms with Gasteiger partial charge in [-0.15, -0.1) is 0 Å². The Hall–Kier alpha value is -0.570. The maximum absolute atomic E-state index is 10.5. The van der Waals surface area contributed by atoms with Crippen LogP contribution in [0, 0.1) is 11.3 Å². The first kappa shape index (κ1) is 10.4. The molecule has 0 rings (SSSR count). The maximum Gasteiger partial charge on any atom is 0.0597 e. The van der Waals surface area contributed by atoms with E-state index in [2.05, 4.69) is 0 Å². The van der Waals surface area contributed by atoms with Gasteiger partial charge in [0.05, 0.1) is 6.10 Å². The topological polar surface area (TPSA) is 60.4 Å². The Labute approximate surface area is 67.0 Å². The molecule has 0 aliphatic heterocycles. The van der Waals surface area contributed by atoms with Gasteiger partial charge in [0, 0.05) is 11.9 Å². The van der Waals surface area contributed by atoms with E-state index in [1.165, 1.54) is 6.92 Å². The lowest BCUT2D eigenvalue weighted by molar-refractivity contribution is -0.317. The van der Waals surface area contributed by atoms with Crippen LogP contribution in [-0.4, -0.2) is 17.2 Å². The number of carboxylic acid groups (broad SMARTS) is 1. The molecular weight excluding hydrogens is 144 g/mol. The van der Waals surface area contributed by atoms with Crippen LogP contribution in [0.1, 0.15) is 27.7 Å². The van der Waals surface area contributed by atoms with E-state index in [-0.39, 0.29) is 0 Å². The van der Waals surface area contributed by atoms with E-state index in [9.17, 15) is 9.90 Å². The van der Waals surface area contributed by atoms with E-state index in [0.29, 0.717) is 0 Å². The fourth-order valence-electron chi connectivity index (χ4n) is 1.27. The molecule has 3 nitrogen and oxygen atoms in total. The Bertz CT molecular complexity index is 144. The third-order valence-electron chi connectivity index (χ3n) is 1.67. The second kappa shape index (κ2) is 3.22. The Morgan fingerprint density at radius 2 is 1.82 bits per heavy atom. The van der Waals surface area contributed by atoms with Crippen molar-refractivity contribution in [2.45, 2.75) is 33.8 Å². The summed E-state index contributed by atoms with van der Waals surface area (Å²) in [5, 5.41) is 19.6. The van der Waals surface area contributed by atoms with Crippen LogP contribution in [0.5, 0.6) is 0 Å². The van der Waals surface area contributed by atoms with Crippen molar-refractivity contribution in [2.75, 3.05) is 0 Å². The van der Waals surface area contributed by atoms with Crippen molar-refractivity contribution in [3.63, 3.8) is 0 Å². The molecule has 0 aliphatic rings. The van der Waals surface area contributed by atoms with Crippen molar-refractivity contribution in [3.05, 3.63) is 0 Å². The summed E-state index contributed by atoms with van der Waals surface area (Å²) in [5.74, 6) is -1.99. The number of hydrogen-bond acceptors (Lipinski definition) is 3. The van der Waals surface area contributed by atoms with Crippen molar-refractivity contribution in [1.29, 1.82) is 0 Å². The van der Waals surface area contributed by atoms with Gasteiger partial charge >= 0.3 is 0 Å². The number of aliphatic hydroxyl groups excluding tert-OH is 1. The molecule has 0 fully saturated rings. The van der Waals surface area contributed by atoms with E-state index >= 15 is 0 Å². The monoisotopic (exact) mass is 159 g/mol. The molecule has 0 aliphatic carbocycles. The first-order chi connectivity index (χ1) is 4.76. The number of aliphatic hydroxyl groups is 1. The van der Waals surface area contributed by atoms with Gasteiger partial charge in [0.2, 0.25) is 0 Å². The van der Waals surface area contributed by atoms with Gasteiger partial charge in [-0.1, -0.05) is 20.8 Å². The number of carboxylic acids is 1. The van der Waals surface area contributed by atoms with Crippen LogP contribution < -0.4 is 5.11 Å². The average Bonchev–Trinajstić information content (AvgIpc) is 1.54. The van der Waals surface area contributed by atoms with Crippen LogP contribution in [0.25, 0.3) is 0 Å². The quantitative estimate of drug-likeness (QED) is 0.606. The third kappa shape index (κ3) is 2.89. The van der Waals surface area contributed by atoms with E-state index in [1.807, 2.05) is 0 Å². The highest BCUT2D eigenvalue weighted by Crippen LogP contribution is 2.27. The number of hydrogen-bond donors (Lipinski definition) is 1. The molecule has 2 unspecified atom stereocenters. The second-order valence-electron chi connectivity index (χ2n) is 3.90. The third-order valence-corrected chi connectivity index (χ3v) is 1.67. The van der Waals surface area contributed by atoms with Crippen LogP contribution >= 0.6 is 0 Å². The predicted molar refractivity (Wildman–Crippen MR) is 39.6 cm³/mol. The minimum atomic E-state index is -1.19. The van der Waals surface area contributed by atoms with E-state index < -0.39 is 23.4 Å². The molecule has 3 heteroatoms. The highest BCUT2D eigenvalue weighted by molar-refractivity contribution is 5.69. The molecule has 0 spiro atoms. The normalized spacial score (nSPS) is 17.5. The number of carbonyl (C=O) groups excluding carboxylic acids is 1. The molecule has 11 heavy (non-hydrogen) atoms. The average molecular weight is 159 g/mol. The molecule has 0 saturated carbocycles. The highest BCUT2D eigenvalue weighted by atomic mass is 16.4. The molecule has 0 saturated heterocycles. The Kier molecular flexibility index (Phi) is 3.05. The molecule has 0 aromatic heterocycles. The fraction of sp³-hybridized carbons (Fsp3) is 0.875. The van der Waals surface area contributed by atoms with Gasteiger partial charge in [-0.25, -0.2) is 0 Å². The van der Waals surface area contributed by atoms with Gasteiger partial charge < -0.3 is 15.0 Å². The largest absolute Gasteiger partial charge is 0.550 e. The number of rotatable bonds is 2. The second-order valence-corrected chi connectivity index (χ2v) is 3.90. The smallest absolute Gasteiger partial charge is 0.0597 e. The van der Waals surface area contributed by atoms with Crippen molar-refractivity contribution in [2.24, 2.45) is 11.3 Å². The van der Waals surface area contributed by atoms with E-state index in [0.717, 1.165) is 0 Å².